The molecule has 0 aromatic heterocycles. The molecule has 1 aliphatic carbocycles. The second-order valence-corrected chi connectivity index (χ2v) is 7.82. The molecule has 2 rings (SSSR count). The Bertz CT molecular complexity index is 657. The number of hydrogen-bond donors (Lipinski definition) is 2. The molecule has 0 saturated heterocycles. The number of benzene rings is 1. The van der Waals surface area contributed by atoms with Crippen LogP contribution in [-0.2, 0) is 15.8 Å². The highest BCUT2D eigenvalue weighted by atomic mass is 19.4. The summed E-state index contributed by atoms with van der Waals surface area (Å²) in [6, 6.07) is 4.95. The van der Waals surface area contributed by atoms with Gasteiger partial charge in [0.1, 0.15) is 0 Å². The normalized spacial score (nSPS) is 21.2. The van der Waals surface area contributed by atoms with Gasteiger partial charge in [-0.15, -0.1) is 0 Å². The quantitative estimate of drug-likeness (QED) is 0.830. The van der Waals surface area contributed by atoms with Gasteiger partial charge in [-0.25, -0.2) is 0 Å². The molecule has 1 saturated carbocycles. The highest BCUT2D eigenvalue weighted by Crippen LogP contribution is 2.36. The van der Waals surface area contributed by atoms with E-state index in [9.17, 15) is 22.8 Å². The van der Waals surface area contributed by atoms with Crippen LogP contribution in [0.5, 0.6) is 0 Å². The van der Waals surface area contributed by atoms with Crippen molar-refractivity contribution in [2.45, 2.75) is 58.2 Å². The van der Waals surface area contributed by atoms with Gasteiger partial charge < -0.3 is 10.6 Å². The molecule has 26 heavy (non-hydrogen) atoms. The Labute approximate surface area is 151 Å². The standard InChI is InChI=1S/C19H25F3N2O2/c1-18(2,3)24-17(26)13-10-8-12(9-11-13)16(25)23-15-7-5-4-6-14(15)19(20,21)22/h4-7,12-13H,8-11H2,1-3H3,(H,23,25)(H,24,26). The molecular formula is C19H25F3N2O2. The van der Waals surface area contributed by atoms with Crippen molar-refractivity contribution in [1.29, 1.82) is 0 Å². The van der Waals surface area contributed by atoms with Gasteiger partial charge in [0.15, 0.2) is 0 Å². The first kappa shape index (κ1) is 20.3. The second kappa shape index (κ2) is 7.68. The van der Waals surface area contributed by atoms with Crippen molar-refractivity contribution in [3.63, 3.8) is 0 Å². The van der Waals surface area contributed by atoms with Crippen molar-refractivity contribution in [2.24, 2.45) is 11.8 Å². The predicted molar refractivity (Wildman–Crippen MR) is 93.4 cm³/mol. The van der Waals surface area contributed by atoms with Gasteiger partial charge in [0.2, 0.25) is 11.8 Å². The zero-order valence-electron chi connectivity index (χ0n) is 15.2. The summed E-state index contributed by atoms with van der Waals surface area (Å²) in [5.74, 6) is -0.981. The van der Waals surface area contributed by atoms with Crippen LogP contribution in [0, 0.1) is 11.8 Å². The molecule has 2 N–H and O–H groups in total. The maximum atomic E-state index is 13.0. The largest absolute Gasteiger partial charge is 0.418 e. The van der Waals surface area contributed by atoms with E-state index in [2.05, 4.69) is 10.6 Å². The monoisotopic (exact) mass is 370 g/mol. The number of rotatable bonds is 3. The lowest BCUT2D eigenvalue weighted by Crippen LogP contribution is -2.45. The van der Waals surface area contributed by atoms with Crippen LogP contribution in [0.15, 0.2) is 24.3 Å². The summed E-state index contributed by atoms with van der Waals surface area (Å²) >= 11 is 0. The number of carbonyl (C=O) groups is 2. The van der Waals surface area contributed by atoms with E-state index in [0.717, 1.165) is 6.07 Å². The maximum Gasteiger partial charge on any atom is 0.418 e. The molecule has 1 fully saturated rings. The van der Waals surface area contributed by atoms with Gasteiger partial charge in [-0.1, -0.05) is 12.1 Å². The minimum atomic E-state index is -4.52. The lowest BCUT2D eigenvalue weighted by molar-refractivity contribution is -0.137. The summed E-state index contributed by atoms with van der Waals surface area (Å²) in [7, 11) is 0. The van der Waals surface area contributed by atoms with Gasteiger partial charge in [0.25, 0.3) is 0 Å². The van der Waals surface area contributed by atoms with Crippen molar-refractivity contribution >= 4 is 17.5 Å². The van der Waals surface area contributed by atoms with E-state index in [1.807, 2.05) is 20.8 Å². The molecule has 0 unspecified atom stereocenters. The molecule has 2 amide bonds. The number of carbonyl (C=O) groups excluding carboxylic acids is 2. The first-order chi connectivity index (χ1) is 12.0. The Kier molecular flexibility index (Phi) is 5.98. The summed E-state index contributed by atoms with van der Waals surface area (Å²) < 4.78 is 39.1. The molecule has 1 aromatic rings. The Balaban J connectivity index is 1.95. The first-order valence-corrected chi connectivity index (χ1v) is 8.76. The fourth-order valence-corrected chi connectivity index (χ4v) is 3.16. The van der Waals surface area contributed by atoms with Gasteiger partial charge >= 0.3 is 6.18 Å². The Morgan fingerprint density at radius 1 is 0.923 bits per heavy atom. The second-order valence-electron chi connectivity index (χ2n) is 7.82. The lowest BCUT2D eigenvalue weighted by Gasteiger charge is -2.30. The smallest absolute Gasteiger partial charge is 0.351 e. The van der Waals surface area contributed by atoms with Crippen LogP contribution in [-0.4, -0.2) is 17.4 Å². The van der Waals surface area contributed by atoms with E-state index in [1.165, 1.54) is 18.2 Å². The highest BCUT2D eigenvalue weighted by molar-refractivity contribution is 5.93. The number of para-hydroxylation sites is 1. The van der Waals surface area contributed by atoms with Gasteiger partial charge in [-0.05, 0) is 58.6 Å². The molecule has 0 bridgehead atoms. The molecule has 1 aromatic carbocycles. The summed E-state index contributed by atoms with van der Waals surface area (Å²) in [5, 5.41) is 5.34. The molecule has 0 radical (unpaired) electrons. The van der Waals surface area contributed by atoms with E-state index in [1.54, 1.807) is 0 Å². The summed E-state index contributed by atoms with van der Waals surface area (Å²) in [6.45, 7) is 5.71. The predicted octanol–water partition coefficient (Wildman–Crippen LogP) is 4.37. The van der Waals surface area contributed by atoms with Crippen LogP contribution >= 0.6 is 0 Å². The number of hydrogen-bond acceptors (Lipinski definition) is 2. The minimum absolute atomic E-state index is 0.0289. The molecule has 1 aliphatic rings. The van der Waals surface area contributed by atoms with Gasteiger partial charge in [0.05, 0.1) is 11.3 Å². The number of alkyl halides is 3. The zero-order chi connectivity index (χ0) is 19.5. The van der Waals surface area contributed by atoms with Crippen LogP contribution < -0.4 is 10.6 Å². The first-order valence-electron chi connectivity index (χ1n) is 8.76. The average molecular weight is 370 g/mol. The summed E-state index contributed by atoms with van der Waals surface area (Å²) in [5.41, 5.74) is -1.39. The van der Waals surface area contributed by atoms with E-state index in [4.69, 9.17) is 0 Å². The molecule has 144 valence electrons. The molecule has 0 atom stereocenters. The van der Waals surface area contributed by atoms with Crippen LogP contribution in [0.1, 0.15) is 52.0 Å². The van der Waals surface area contributed by atoms with Gasteiger partial charge in [-0.2, -0.15) is 13.2 Å². The van der Waals surface area contributed by atoms with Crippen LogP contribution in [0.3, 0.4) is 0 Å². The van der Waals surface area contributed by atoms with E-state index >= 15 is 0 Å². The summed E-state index contributed by atoms with van der Waals surface area (Å²) in [6.07, 6.45) is -2.43. The number of halogens is 3. The Morgan fingerprint density at radius 3 is 1.92 bits per heavy atom. The molecule has 0 heterocycles. The number of nitrogens with one attached hydrogen (secondary N) is 2. The Hall–Kier alpha value is -2.05. The average Bonchev–Trinajstić information content (AvgIpc) is 2.53. The molecular weight excluding hydrogens is 345 g/mol. The summed E-state index contributed by atoms with van der Waals surface area (Å²) in [4.78, 5) is 24.6. The third-order valence-electron chi connectivity index (χ3n) is 4.46. The molecule has 7 heteroatoms. The highest BCUT2D eigenvalue weighted by Gasteiger charge is 2.35. The SMILES string of the molecule is CC(C)(C)NC(=O)C1CCC(C(=O)Nc2ccccc2C(F)(F)F)CC1. The number of amides is 2. The van der Waals surface area contributed by atoms with Crippen molar-refractivity contribution in [2.75, 3.05) is 5.32 Å². The number of anilines is 1. The molecule has 0 aliphatic heterocycles. The topological polar surface area (TPSA) is 58.2 Å². The van der Waals surface area contributed by atoms with Crippen LogP contribution in [0.2, 0.25) is 0 Å². The fourth-order valence-electron chi connectivity index (χ4n) is 3.16. The third-order valence-corrected chi connectivity index (χ3v) is 4.46. The van der Waals surface area contributed by atoms with Gasteiger partial charge in [-0.3, -0.25) is 9.59 Å². The van der Waals surface area contributed by atoms with E-state index in [-0.39, 0.29) is 29.0 Å². The minimum Gasteiger partial charge on any atom is -0.351 e. The Morgan fingerprint density at radius 2 is 1.42 bits per heavy atom. The maximum absolute atomic E-state index is 13.0. The molecule has 4 nitrogen and oxygen atoms in total. The van der Waals surface area contributed by atoms with Crippen molar-refractivity contribution < 1.29 is 22.8 Å². The van der Waals surface area contributed by atoms with E-state index in [0.29, 0.717) is 25.7 Å². The van der Waals surface area contributed by atoms with Crippen LogP contribution in [0.4, 0.5) is 18.9 Å². The third kappa shape index (κ3) is 5.47. The van der Waals surface area contributed by atoms with Crippen LogP contribution in [0.25, 0.3) is 0 Å². The van der Waals surface area contributed by atoms with Crippen molar-refractivity contribution in [3.05, 3.63) is 29.8 Å². The van der Waals surface area contributed by atoms with Crippen molar-refractivity contribution in [3.8, 4) is 0 Å². The lowest BCUT2D eigenvalue weighted by atomic mass is 9.80. The van der Waals surface area contributed by atoms with Crippen molar-refractivity contribution in [1.82, 2.24) is 5.32 Å². The van der Waals surface area contributed by atoms with Gasteiger partial charge in [0, 0.05) is 17.4 Å². The fraction of sp³-hybridized carbons (Fsp3) is 0.579. The van der Waals surface area contributed by atoms with E-state index < -0.39 is 17.6 Å². The molecule has 0 spiro atoms. The zero-order valence-corrected chi connectivity index (χ0v) is 15.2.